The molecule has 0 radical (unpaired) electrons. The molecule has 0 heterocycles. The molecule has 0 aliphatic heterocycles. The van der Waals surface area contributed by atoms with Gasteiger partial charge in [-0.15, -0.1) is 0 Å². The van der Waals surface area contributed by atoms with Gasteiger partial charge in [-0.05, 0) is 35.9 Å². The zero-order valence-electron chi connectivity index (χ0n) is 14.5. The summed E-state index contributed by atoms with van der Waals surface area (Å²) in [6.45, 7) is 0.153. The van der Waals surface area contributed by atoms with E-state index in [2.05, 4.69) is 5.32 Å². The molecule has 2 N–H and O–H groups in total. The Bertz CT molecular complexity index is 820. The van der Waals surface area contributed by atoms with Gasteiger partial charge in [0.1, 0.15) is 0 Å². The molecule has 0 spiro atoms. The summed E-state index contributed by atoms with van der Waals surface area (Å²) in [5.74, 6) is -1.50. The smallest absolute Gasteiger partial charge is 0.471 e. The average Bonchev–Trinajstić information content (AvgIpc) is 2.65. The fourth-order valence-corrected chi connectivity index (χ4v) is 2.17. The second-order valence-corrected chi connectivity index (χ2v) is 5.40. The lowest BCUT2D eigenvalue weighted by Gasteiger charge is -2.11. The van der Waals surface area contributed by atoms with Gasteiger partial charge in [0.15, 0.2) is 11.5 Å². The monoisotopic (exact) mass is 382 g/mol. The topological polar surface area (TPSA) is 76.7 Å². The van der Waals surface area contributed by atoms with Crippen LogP contribution in [0.15, 0.2) is 42.5 Å². The molecule has 144 valence electrons. The summed E-state index contributed by atoms with van der Waals surface area (Å²) < 4.78 is 46.9. The molecule has 0 bridgehead atoms. The van der Waals surface area contributed by atoms with Crippen molar-refractivity contribution in [3.8, 4) is 11.5 Å². The van der Waals surface area contributed by atoms with E-state index in [-0.39, 0.29) is 18.1 Å². The first-order valence-electron chi connectivity index (χ1n) is 7.72. The second-order valence-electron chi connectivity index (χ2n) is 5.40. The normalized spacial score (nSPS) is 10.9. The van der Waals surface area contributed by atoms with Crippen LogP contribution in [0.25, 0.3) is 0 Å². The highest BCUT2D eigenvalue weighted by atomic mass is 19.4. The van der Waals surface area contributed by atoms with Crippen LogP contribution in [0.1, 0.15) is 15.9 Å². The van der Waals surface area contributed by atoms with Crippen LogP contribution in [0.4, 0.5) is 18.9 Å². The lowest BCUT2D eigenvalue weighted by molar-refractivity contribution is -0.167. The highest BCUT2D eigenvalue weighted by Gasteiger charge is 2.38. The highest BCUT2D eigenvalue weighted by Crippen LogP contribution is 2.27. The van der Waals surface area contributed by atoms with Crippen molar-refractivity contribution in [3.05, 3.63) is 53.6 Å². The maximum atomic E-state index is 12.2. The number of carbonyl (C=O) groups excluding carboxylic acids is 2. The molecule has 0 aliphatic rings. The standard InChI is InChI=1S/C18H17F3N2O4/c1-26-14-8-5-12(9-15(14)27-2)16(24)22-10-11-3-6-13(7-4-11)23-17(25)18(19,20)21/h3-9H,10H2,1-2H3,(H,22,24)(H,23,25). The number of nitrogens with one attached hydrogen (secondary N) is 2. The molecule has 9 heteroatoms. The van der Waals surface area contributed by atoms with Crippen LogP contribution in [0.3, 0.4) is 0 Å². The van der Waals surface area contributed by atoms with E-state index in [1.165, 1.54) is 44.6 Å². The Morgan fingerprint density at radius 1 is 0.963 bits per heavy atom. The molecule has 2 rings (SSSR count). The second kappa shape index (κ2) is 8.43. The van der Waals surface area contributed by atoms with Crippen LogP contribution >= 0.6 is 0 Å². The summed E-state index contributed by atoms with van der Waals surface area (Å²) in [6, 6.07) is 10.4. The number of amides is 2. The van der Waals surface area contributed by atoms with Crippen molar-refractivity contribution in [3.63, 3.8) is 0 Å². The molecule has 0 saturated carbocycles. The number of hydrogen-bond acceptors (Lipinski definition) is 4. The third-order valence-corrected chi connectivity index (χ3v) is 3.57. The molecule has 27 heavy (non-hydrogen) atoms. The van der Waals surface area contributed by atoms with Crippen molar-refractivity contribution < 1.29 is 32.2 Å². The fraction of sp³-hybridized carbons (Fsp3) is 0.222. The van der Waals surface area contributed by atoms with E-state index in [1.54, 1.807) is 17.4 Å². The van der Waals surface area contributed by atoms with E-state index >= 15 is 0 Å². The van der Waals surface area contributed by atoms with Crippen LogP contribution < -0.4 is 20.1 Å². The van der Waals surface area contributed by atoms with Gasteiger partial charge in [-0.25, -0.2) is 0 Å². The Hall–Kier alpha value is -3.23. The zero-order chi connectivity index (χ0) is 20.0. The highest BCUT2D eigenvalue weighted by molar-refractivity contribution is 5.95. The maximum absolute atomic E-state index is 12.2. The molecule has 0 unspecified atom stereocenters. The van der Waals surface area contributed by atoms with Crippen molar-refractivity contribution in [2.45, 2.75) is 12.7 Å². The van der Waals surface area contributed by atoms with Gasteiger partial charge in [0.05, 0.1) is 14.2 Å². The molecule has 0 saturated heterocycles. The van der Waals surface area contributed by atoms with Crippen LogP contribution in [0.2, 0.25) is 0 Å². The first-order valence-corrected chi connectivity index (χ1v) is 7.72. The molecule has 0 atom stereocenters. The Morgan fingerprint density at radius 2 is 1.59 bits per heavy atom. The van der Waals surface area contributed by atoms with E-state index in [0.29, 0.717) is 22.6 Å². The molecule has 0 aliphatic carbocycles. The van der Waals surface area contributed by atoms with Crippen molar-refractivity contribution >= 4 is 17.5 Å². The summed E-state index contributed by atoms with van der Waals surface area (Å²) in [7, 11) is 2.94. The predicted octanol–water partition coefficient (Wildman–Crippen LogP) is 3.13. The SMILES string of the molecule is COc1ccc(C(=O)NCc2ccc(NC(=O)C(F)(F)F)cc2)cc1OC. The predicted molar refractivity (Wildman–Crippen MR) is 91.8 cm³/mol. The van der Waals surface area contributed by atoms with Crippen molar-refractivity contribution in [2.75, 3.05) is 19.5 Å². The molecule has 6 nitrogen and oxygen atoms in total. The largest absolute Gasteiger partial charge is 0.493 e. The zero-order valence-corrected chi connectivity index (χ0v) is 14.5. The number of benzene rings is 2. The van der Waals surface area contributed by atoms with Crippen LogP contribution in [-0.4, -0.2) is 32.2 Å². The number of alkyl halides is 3. The Balaban J connectivity index is 1.96. The summed E-state index contributed by atoms with van der Waals surface area (Å²) in [4.78, 5) is 23.1. The molecule has 0 aromatic heterocycles. The van der Waals surface area contributed by atoms with Crippen LogP contribution in [-0.2, 0) is 11.3 Å². The fourth-order valence-electron chi connectivity index (χ4n) is 2.17. The van der Waals surface area contributed by atoms with Gasteiger partial charge in [-0.3, -0.25) is 9.59 Å². The lowest BCUT2D eigenvalue weighted by Crippen LogP contribution is -2.29. The first-order chi connectivity index (χ1) is 12.7. The van der Waals surface area contributed by atoms with E-state index < -0.39 is 12.1 Å². The number of anilines is 1. The van der Waals surface area contributed by atoms with E-state index in [1.807, 2.05) is 0 Å². The van der Waals surface area contributed by atoms with Crippen LogP contribution in [0, 0.1) is 0 Å². The van der Waals surface area contributed by atoms with E-state index in [4.69, 9.17) is 9.47 Å². The quantitative estimate of drug-likeness (QED) is 0.805. The molecule has 0 fully saturated rings. The minimum absolute atomic E-state index is 0.00675. The summed E-state index contributed by atoms with van der Waals surface area (Å²) in [5, 5.41) is 4.43. The number of methoxy groups -OCH3 is 2. The molecule has 2 aromatic carbocycles. The van der Waals surface area contributed by atoms with Crippen molar-refractivity contribution in [1.82, 2.24) is 5.32 Å². The number of rotatable bonds is 6. The molecule has 2 aromatic rings. The van der Waals surface area contributed by atoms with Gasteiger partial charge < -0.3 is 20.1 Å². The van der Waals surface area contributed by atoms with Gasteiger partial charge in [0, 0.05) is 17.8 Å². The lowest BCUT2D eigenvalue weighted by atomic mass is 10.1. The minimum Gasteiger partial charge on any atom is -0.493 e. The number of ether oxygens (including phenoxy) is 2. The summed E-state index contributed by atoms with van der Waals surface area (Å²) in [6.07, 6.45) is -4.95. The van der Waals surface area contributed by atoms with E-state index in [0.717, 1.165) is 0 Å². The number of halogens is 3. The molecule has 2 amide bonds. The summed E-state index contributed by atoms with van der Waals surface area (Å²) >= 11 is 0. The van der Waals surface area contributed by atoms with E-state index in [9.17, 15) is 22.8 Å². The van der Waals surface area contributed by atoms with Gasteiger partial charge in [-0.1, -0.05) is 12.1 Å². The molecular formula is C18H17F3N2O4. The average molecular weight is 382 g/mol. The first kappa shape index (κ1) is 20.1. The van der Waals surface area contributed by atoms with Crippen molar-refractivity contribution in [2.24, 2.45) is 0 Å². The Morgan fingerprint density at radius 3 is 2.15 bits per heavy atom. The Labute approximate surface area is 153 Å². The van der Waals surface area contributed by atoms with Gasteiger partial charge >= 0.3 is 12.1 Å². The maximum Gasteiger partial charge on any atom is 0.471 e. The van der Waals surface area contributed by atoms with Gasteiger partial charge in [0.25, 0.3) is 5.91 Å². The Kier molecular flexibility index (Phi) is 6.27. The third-order valence-electron chi connectivity index (χ3n) is 3.57. The van der Waals surface area contributed by atoms with Gasteiger partial charge in [-0.2, -0.15) is 13.2 Å². The summed E-state index contributed by atoms with van der Waals surface area (Å²) in [5.41, 5.74) is 1.02. The minimum atomic E-state index is -4.95. The van der Waals surface area contributed by atoms with Crippen LogP contribution in [0.5, 0.6) is 11.5 Å². The van der Waals surface area contributed by atoms with Gasteiger partial charge in [0.2, 0.25) is 0 Å². The van der Waals surface area contributed by atoms with Crippen molar-refractivity contribution in [1.29, 1.82) is 0 Å². The third kappa shape index (κ3) is 5.37. The molecular weight excluding hydrogens is 365 g/mol. The number of hydrogen-bond donors (Lipinski definition) is 2. The number of carbonyl (C=O) groups is 2.